The molecule has 1 aliphatic heterocycles. The first-order valence-corrected chi connectivity index (χ1v) is 8.70. The third-order valence-electron chi connectivity index (χ3n) is 3.91. The van der Waals surface area contributed by atoms with E-state index in [0.717, 1.165) is 17.3 Å². The highest BCUT2D eigenvalue weighted by Crippen LogP contribution is 2.26. The average molecular weight is 363 g/mol. The van der Waals surface area contributed by atoms with Gasteiger partial charge in [0.05, 0.1) is 5.25 Å². The maximum absolute atomic E-state index is 13.6. The number of nitrogens with one attached hydrogen (secondary N) is 1. The number of halogens is 1. The molecule has 1 heterocycles. The highest BCUT2D eigenvalue weighted by molar-refractivity contribution is 8.14. The molecule has 0 aliphatic carbocycles. The van der Waals surface area contributed by atoms with Crippen LogP contribution in [-0.2, 0) is 6.42 Å². The van der Waals surface area contributed by atoms with E-state index in [-0.39, 0.29) is 22.7 Å². The molecule has 0 saturated carbocycles. The Kier molecular flexibility index (Phi) is 5.57. The number of carbonyl (C=O) groups is 1. The molecular formula is C18H18FNO4S. The van der Waals surface area contributed by atoms with Gasteiger partial charge >= 0.3 is 0 Å². The smallest absolute Gasteiger partial charge is 0.281 e. The van der Waals surface area contributed by atoms with E-state index in [1.165, 1.54) is 12.1 Å². The molecule has 2 aromatic carbocycles. The van der Waals surface area contributed by atoms with Gasteiger partial charge in [-0.2, -0.15) is 0 Å². The number of aliphatic hydroxyl groups is 2. The summed E-state index contributed by atoms with van der Waals surface area (Å²) in [5.41, 5.74) is 1.15. The van der Waals surface area contributed by atoms with Gasteiger partial charge in [-0.25, -0.2) is 4.39 Å². The number of amides is 1. The number of rotatable bonds is 6. The second-order valence-electron chi connectivity index (χ2n) is 5.73. The van der Waals surface area contributed by atoms with Gasteiger partial charge in [-0.3, -0.25) is 4.79 Å². The molecule has 0 spiro atoms. The topological polar surface area (TPSA) is 78.8 Å². The summed E-state index contributed by atoms with van der Waals surface area (Å²) in [7, 11) is 0. The summed E-state index contributed by atoms with van der Waals surface area (Å²) in [5, 5.41) is 21.7. The number of benzene rings is 2. The van der Waals surface area contributed by atoms with Crippen molar-refractivity contribution in [3.05, 3.63) is 65.5 Å². The fraction of sp³-hybridized carbons (Fsp3) is 0.278. The minimum Gasteiger partial charge on any atom is -0.491 e. The van der Waals surface area contributed by atoms with Gasteiger partial charge in [0, 0.05) is 5.56 Å². The molecular weight excluding hydrogens is 345 g/mol. The van der Waals surface area contributed by atoms with Crippen LogP contribution in [0.4, 0.5) is 9.18 Å². The van der Waals surface area contributed by atoms with Gasteiger partial charge in [-0.05, 0) is 30.2 Å². The first-order chi connectivity index (χ1) is 12.0. The molecule has 5 nitrogen and oxygen atoms in total. The molecule has 3 N–H and O–H groups in total. The van der Waals surface area contributed by atoms with Crippen molar-refractivity contribution in [2.24, 2.45) is 0 Å². The van der Waals surface area contributed by atoms with Crippen molar-refractivity contribution in [3.8, 4) is 5.75 Å². The number of thioether (sulfide) groups is 1. The molecule has 1 fully saturated rings. The van der Waals surface area contributed by atoms with Crippen LogP contribution in [0.15, 0.2) is 48.5 Å². The van der Waals surface area contributed by atoms with Crippen LogP contribution < -0.4 is 10.1 Å². The summed E-state index contributed by atoms with van der Waals surface area (Å²) in [6.07, 6.45) is -1.35. The normalized spacial score (nSPS) is 21.0. The Morgan fingerprint density at radius 1 is 1.20 bits per heavy atom. The number of aliphatic hydroxyl groups excluding tert-OH is 2. The average Bonchev–Trinajstić information content (AvgIpc) is 2.91. The lowest BCUT2D eigenvalue weighted by atomic mass is 10.1. The van der Waals surface area contributed by atoms with E-state index >= 15 is 0 Å². The molecule has 1 saturated heterocycles. The van der Waals surface area contributed by atoms with Crippen LogP contribution in [0.2, 0.25) is 0 Å². The van der Waals surface area contributed by atoms with Crippen LogP contribution >= 0.6 is 11.8 Å². The van der Waals surface area contributed by atoms with Gasteiger partial charge in [0.25, 0.3) is 5.24 Å². The second-order valence-corrected chi connectivity index (χ2v) is 6.94. The Balaban J connectivity index is 1.54. The quantitative estimate of drug-likeness (QED) is 0.735. The second kappa shape index (κ2) is 7.86. The van der Waals surface area contributed by atoms with Crippen molar-refractivity contribution < 1.29 is 24.1 Å². The number of hydrogen-bond acceptors (Lipinski definition) is 5. The van der Waals surface area contributed by atoms with Crippen molar-refractivity contribution in [2.75, 3.05) is 6.61 Å². The maximum Gasteiger partial charge on any atom is 0.281 e. The van der Waals surface area contributed by atoms with Gasteiger partial charge in [-0.15, -0.1) is 0 Å². The van der Waals surface area contributed by atoms with E-state index in [4.69, 9.17) is 4.74 Å². The van der Waals surface area contributed by atoms with E-state index in [1.54, 1.807) is 24.3 Å². The van der Waals surface area contributed by atoms with Crippen molar-refractivity contribution in [3.63, 3.8) is 0 Å². The van der Waals surface area contributed by atoms with E-state index in [1.807, 2.05) is 12.1 Å². The van der Waals surface area contributed by atoms with Crippen LogP contribution in [-0.4, -0.2) is 33.5 Å². The Hall–Kier alpha value is -2.09. The van der Waals surface area contributed by atoms with Crippen LogP contribution in [0.1, 0.15) is 17.2 Å². The maximum atomic E-state index is 13.6. The van der Waals surface area contributed by atoms with Crippen molar-refractivity contribution in [2.45, 2.75) is 24.0 Å². The molecule has 2 aromatic rings. The monoisotopic (exact) mass is 363 g/mol. The van der Waals surface area contributed by atoms with Crippen molar-refractivity contribution >= 4 is 17.0 Å². The molecule has 0 radical (unpaired) electrons. The zero-order valence-corrected chi connectivity index (χ0v) is 14.1. The summed E-state index contributed by atoms with van der Waals surface area (Å²) in [4.78, 5) is 11.2. The molecule has 1 aliphatic rings. The third kappa shape index (κ3) is 4.50. The van der Waals surface area contributed by atoms with Gasteiger partial charge in [0.1, 0.15) is 30.5 Å². The lowest BCUT2D eigenvalue weighted by molar-refractivity contribution is 0.105. The zero-order valence-electron chi connectivity index (χ0n) is 13.3. The van der Waals surface area contributed by atoms with E-state index in [2.05, 4.69) is 5.32 Å². The Bertz CT molecular complexity index is 740. The predicted octanol–water partition coefficient (Wildman–Crippen LogP) is 2.62. The molecule has 0 bridgehead atoms. The standard InChI is InChI=1S/C18H18FNO4S/c19-14-4-2-1-3-13(14)15(21)10-24-12-7-5-11(6-8-12)9-16-17(22)20-18(23)25-16/h1-8,15-17,21-22H,9-10H2,(H,20,23)/t15-,16?,17?/m1/s1. The number of carbonyl (C=O) groups excluding carboxylic acids is 1. The highest BCUT2D eigenvalue weighted by atomic mass is 32.2. The Labute approximate surface area is 148 Å². The van der Waals surface area contributed by atoms with Gasteiger partial charge in [-0.1, -0.05) is 42.1 Å². The van der Waals surface area contributed by atoms with E-state index in [9.17, 15) is 19.4 Å². The Morgan fingerprint density at radius 3 is 2.56 bits per heavy atom. The summed E-state index contributed by atoms with van der Waals surface area (Å²) < 4.78 is 19.1. The molecule has 2 unspecified atom stereocenters. The zero-order chi connectivity index (χ0) is 17.8. The van der Waals surface area contributed by atoms with Gasteiger partial charge in [0.2, 0.25) is 0 Å². The van der Waals surface area contributed by atoms with Gasteiger partial charge in [0.15, 0.2) is 0 Å². The molecule has 7 heteroatoms. The van der Waals surface area contributed by atoms with Crippen LogP contribution in [0.5, 0.6) is 5.75 Å². The Morgan fingerprint density at radius 2 is 1.92 bits per heavy atom. The summed E-state index contributed by atoms with van der Waals surface area (Å²) in [6.45, 7) is -0.0596. The first kappa shape index (κ1) is 17.7. The minimum absolute atomic E-state index is 0.0596. The number of hydrogen-bond donors (Lipinski definition) is 3. The molecule has 1 amide bonds. The summed E-state index contributed by atoms with van der Waals surface area (Å²) in [5.74, 6) is 0.0812. The molecule has 3 atom stereocenters. The predicted molar refractivity (Wildman–Crippen MR) is 92.9 cm³/mol. The minimum atomic E-state index is -1.05. The van der Waals surface area contributed by atoms with Crippen LogP contribution in [0.3, 0.4) is 0 Å². The van der Waals surface area contributed by atoms with Crippen LogP contribution in [0, 0.1) is 5.82 Å². The lowest BCUT2D eigenvalue weighted by Gasteiger charge is -2.14. The SMILES string of the molecule is O=C1NC(O)C(Cc2ccc(OC[C@@H](O)c3ccccc3F)cc2)S1. The summed E-state index contributed by atoms with van der Waals surface area (Å²) in [6, 6.07) is 13.2. The van der Waals surface area contributed by atoms with E-state index in [0.29, 0.717) is 12.2 Å². The molecule has 132 valence electrons. The fourth-order valence-electron chi connectivity index (χ4n) is 2.57. The molecule has 0 aromatic heterocycles. The molecule has 3 rings (SSSR count). The highest BCUT2D eigenvalue weighted by Gasteiger charge is 2.31. The van der Waals surface area contributed by atoms with E-state index < -0.39 is 18.1 Å². The lowest BCUT2D eigenvalue weighted by Crippen LogP contribution is -2.31. The largest absolute Gasteiger partial charge is 0.491 e. The van der Waals surface area contributed by atoms with Crippen LogP contribution in [0.25, 0.3) is 0 Å². The fourth-order valence-corrected chi connectivity index (χ4v) is 3.50. The number of ether oxygens (including phenoxy) is 1. The van der Waals surface area contributed by atoms with Gasteiger partial charge < -0.3 is 20.3 Å². The van der Waals surface area contributed by atoms with Crippen molar-refractivity contribution in [1.29, 1.82) is 0 Å². The molecule has 25 heavy (non-hydrogen) atoms. The first-order valence-electron chi connectivity index (χ1n) is 7.82. The third-order valence-corrected chi connectivity index (χ3v) is 4.97. The van der Waals surface area contributed by atoms with Crippen molar-refractivity contribution in [1.82, 2.24) is 5.32 Å². The summed E-state index contributed by atoms with van der Waals surface area (Å²) >= 11 is 1.09.